The first-order valence-electron chi connectivity index (χ1n) is 22.1. The SMILES string of the molecule is Cc1ncsc1-c1ccc(CNC(=O)[C@@H]2CCCN2C(=O)[C@@H](NC(=O)CCCCCCCCCC(=O)N2CCN(c3cc(-c4ccccc4O)nnc3N)CC2)C(C)(C)C)cc1. The van der Waals surface area contributed by atoms with Crippen molar-refractivity contribution in [1.29, 1.82) is 0 Å². The van der Waals surface area contributed by atoms with Crippen LogP contribution in [0.4, 0.5) is 11.5 Å². The van der Waals surface area contributed by atoms with Crippen molar-refractivity contribution in [3.63, 3.8) is 0 Å². The second-order valence-corrected chi connectivity index (χ2v) is 18.5. The first-order chi connectivity index (χ1) is 29.8. The molecule has 2 aliphatic rings. The Labute approximate surface area is 369 Å². The first kappa shape index (κ1) is 45.9. The van der Waals surface area contributed by atoms with Crippen LogP contribution in [-0.2, 0) is 25.7 Å². The van der Waals surface area contributed by atoms with E-state index in [-0.39, 0.29) is 29.4 Å². The van der Waals surface area contributed by atoms with Gasteiger partial charge in [-0.25, -0.2) is 4.98 Å². The topological polar surface area (TPSA) is 187 Å². The average Bonchev–Trinajstić information content (AvgIpc) is 3.94. The highest BCUT2D eigenvalue weighted by Crippen LogP contribution is 2.32. The van der Waals surface area contributed by atoms with Gasteiger partial charge in [0.25, 0.3) is 0 Å². The van der Waals surface area contributed by atoms with Crippen LogP contribution in [0.2, 0.25) is 0 Å². The number of aromatic nitrogens is 3. The largest absolute Gasteiger partial charge is 0.507 e. The molecule has 0 spiro atoms. The number of aryl methyl sites for hydroxylation is 1. The molecule has 14 nitrogen and oxygen atoms in total. The summed E-state index contributed by atoms with van der Waals surface area (Å²) in [7, 11) is 0. The van der Waals surface area contributed by atoms with Gasteiger partial charge in [-0.05, 0) is 67.3 Å². The van der Waals surface area contributed by atoms with Gasteiger partial charge in [0.2, 0.25) is 23.6 Å². The summed E-state index contributed by atoms with van der Waals surface area (Å²) in [5.41, 5.74) is 12.4. The number of nitrogens with zero attached hydrogens (tertiary/aromatic N) is 6. The zero-order valence-electron chi connectivity index (χ0n) is 36.7. The van der Waals surface area contributed by atoms with Gasteiger partial charge in [-0.3, -0.25) is 19.2 Å². The summed E-state index contributed by atoms with van der Waals surface area (Å²) in [4.78, 5) is 64.6. The second kappa shape index (κ2) is 21.5. The molecule has 15 heteroatoms. The molecule has 5 N–H and O–H groups in total. The van der Waals surface area contributed by atoms with E-state index in [1.54, 1.807) is 34.4 Å². The van der Waals surface area contributed by atoms with Crippen molar-refractivity contribution < 1.29 is 24.3 Å². The lowest BCUT2D eigenvalue weighted by molar-refractivity contribution is -0.143. The van der Waals surface area contributed by atoms with Crippen LogP contribution >= 0.6 is 11.3 Å². The third-order valence-corrected chi connectivity index (χ3v) is 12.9. The van der Waals surface area contributed by atoms with Crippen molar-refractivity contribution in [3.8, 4) is 27.4 Å². The number of piperazine rings is 1. The second-order valence-electron chi connectivity index (χ2n) is 17.6. The van der Waals surface area contributed by atoms with Gasteiger partial charge >= 0.3 is 0 Å². The summed E-state index contributed by atoms with van der Waals surface area (Å²) in [6.07, 6.45) is 8.74. The van der Waals surface area contributed by atoms with Gasteiger partial charge < -0.3 is 36.2 Å². The molecule has 0 radical (unpaired) electrons. The summed E-state index contributed by atoms with van der Waals surface area (Å²) in [5.74, 6) is 0.0892. The number of nitrogens with one attached hydrogen (secondary N) is 2. The number of benzene rings is 2. The van der Waals surface area contributed by atoms with Crippen molar-refractivity contribution in [1.82, 2.24) is 35.6 Å². The molecule has 4 amide bonds. The monoisotopic (exact) mass is 865 g/mol. The quantitative estimate of drug-likeness (QED) is 0.0770. The minimum Gasteiger partial charge on any atom is -0.507 e. The molecule has 2 atom stereocenters. The zero-order valence-corrected chi connectivity index (χ0v) is 37.5. The van der Waals surface area contributed by atoms with E-state index in [2.05, 4.69) is 30.7 Å². The molecule has 4 heterocycles. The standard InChI is InChI=1S/C47H63N9O5S/c1-32-42(62-31-50-32)34-22-20-33(21-23-34)30-49-45(60)37-16-14-24-56(37)46(61)43(47(2,3)4)51-40(58)18-10-8-6-5-7-9-11-19-41(59)55-27-25-54(26-28-55)38-29-36(52-53-44(38)48)35-15-12-13-17-39(35)57/h12-13,15,17,20-23,29,31,37,43,57H,5-11,14,16,18-19,24-28,30H2,1-4H3,(H2,48,53)(H,49,60)(H,51,58)/t37-,43+/m0/s1. The van der Waals surface area contributed by atoms with E-state index in [1.165, 1.54) is 0 Å². The number of nitrogen functional groups attached to an aromatic ring is 1. The number of carbonyl (C=O) groups is 4. The number of unbranched alkanes of at least 4 members (excludes halogenated alkanes) is 6. The Bertz CT molecular complexity index is 2150. The average molecular weight is 866 g/mol. The van der Waals surface area contributed by atoms with Crippen molar-refractivity contribution in [2.45, 2.75) is 117 Å². The molecule has 4 aromatic rings. The summed E-state index contributed by atoms with van der Waals surface area (Å²) in [6, 6.07) is 15.6. The Morgan fingerprint density at radius 1 is 0.887 bits per heavy atom. The number of thiazole rings is 1. The van der Waals surface area contributed by atoms with Crippen LogP contribution in [-0.4, -0.2) is 98.5 Å². The fraction of sp³-hybridized carbons (Fsp3) is 0.511. The molecule has 332 valence electrons. The molecule has 2 aromatic heterocycles. The summed E-state index contributed by atoms with van der Waals surface area (Å²) in [5, 5.41) is 24.6. The maximum Gasteiger partial charge on any atom is 0.246 e. The van der Waals surface area contributed by atoms with Crippen LogP contribution in [0.15, 0.2) is 60.1 Å². The number of likely N-dealkylation sites (tertiary alicyclic amines) is 1. The van der Waals surface area contributed by atoms with Gasteiger partial charge in [-0.15, -0.1) is 21.5 Å². The Kier molecular flexibility index (Phi) is 15.9. The molecular formula is C47H63N9O5S. The van der Waals surface area contributed by atoms with E-state index in [0.717, 1.165) is 78.8 Å². The van der Waals surface area contributed by atoms with Crippen LogP contribution in [0.5, 0.6) is 5.75 Å². The number of anilines is 2. The first-order valence-corrected chi connectivity index (χ1v) is 23.0. The van der Waals surface area contributed by atoms with E-state index in [4.69, 9.17) is 5.73 Å². The Hall–Kier alpha value is -5.57. The molecular weight excluding hydrogens is 803 g/mol. The van der Waals surface area contributed by atoms with Gasteiger partial charge in [0.15, 0.2) is 5.82 Å². The third-order valence-electron chi connectivity index (χ3n) is 11.9. The van der Waals surface area contributed by atoms with E-state index >= 15 is 0 Å². The van der Waals surface area contributed by atoms with Crippen LogP contribution in [0.25, 0.3) is 21.7 Å². The highest BCUT2D eigenvalue weighted by atomic mass is 32.1. The van der Waals surface area contributed by atoms with Gasteiger partial charge in [-0.1, -0.05) is 89.3 Å². The van der Waals surface area contributed by atoms with Crippen molar-refractivity contribution in [2.24, 2.45) is 5.41 Å². The fourth-order valence-electron chi connectivity index (χ4n) is 8.28. The molecule has 6 rings (SSSR count). The summed E-state index contributed by atoms with van der Waals surface area (Å²) in [6.45, 7) is 11.2. The molecule has 2 saturated heterocycles. The number of nitrogens with two attached hydrogens (primary N) is 1. The number of para-hydroxylation sites is 1. The molecule has 0 bridgehead atoms. The molecule has 0 saturated carbocycles. The van der Waals surface area contributed by atoms with Crippen LogP contribution in [0.3, 0.4) is 0 Å². The van der Waals surface area contributed by atoms with Crippen LogP contribution in [0.1, 0.15) is 103 Å². The number of hydrogen-bond donors (Lipinski definition) is 4. The van der Waals surface area contributed by atoms with Gasteiger partial charge in [0, 0.05) is 57.7 Å². The number of phenols is 1. The third kappa shape index (κ3) is 12.1. The number of phenolic OH excluding ortho intramolecular Hbond substituents is 1. The Balaban J connectivity index is 0.843. The highest BCUT2D eigenvalue weighted by Gasteiger charge is 2.41. The minimum absolute atomic E-state index is 0.128. The lowest BCUT2D eigenvalue weighted by Gasteiger charge is -2.36. The number of amides is 4. The lowest BCUT2D eigenvalue weighted by atomic mass is 9.85. The summed E-state index contributed by atoms with van der Waals surface area (Å²) < 4.78 is 0. The van der Waals surface area contributed by atoms with Gasteiger partial charge in [-0.2, -0.15) is 0 Å². The van der Waals surface area contributed by atoms with E-state index in [0.29, 0.717) is 75.6 Å². The molecule has 2 aromatic carbocycles. The van der Waals surface area contributed by atoms with Crippen molar-refractivity contribution >= 4 is 46.5 Å². The number of carbonyl (C=O) groups excluding carboxylic acids is 4. The van der Waals surface area contributed by atoms with E-state index in [9.17, 15) is 24.3 Å². The van der Waals surface area contributed by atoms with E-state index < -0.39 is 17.5 Å². The predicted molar refractivity (Wildman–Crippen MR) is 244 cm³/mol. The maximum atomic E-state index is 14.0. The van der Waals surface area contributed by atoms with Gasteiger partial charge in [0.05, 0.1) is 27.5 Å². The predicted octanol–water partition coefficient (Wildman–Crippen LogP) is 6.86. The highest BCUT2D eigenvalue weighted by molar-refractivity contribution is 7.13. The summed E-state index contributed by atoms with van der Waals surface area (Å²) >= 11 is 1.60. The van der Waals surface area contributed by atoms with Crippen molar-refractivity contribution in [3.05, 3.63) is 71.4 Å². The zero-order chi connectivity index (χ0) is 44.2. The number of aromatic hydroxyl groups is 1. The molecule has 0 aliphatic carbocycles. The minimum atomic E-state index is -0.736. The van der Waals surface area contributed by atoms with E-state index in [1.807, 2.05) is 74.5 Å². The molecule has 2 aliphatic heterocycles. The van der Waals surface area contributed by atoms with Crippen molar-refractivity contribution in [2.75, 3.05) is 43.4 Å². The molecule has 0 unspecified atom stereocenters. The van der Waals surface area contributed by atoms with Crippen LogP contribution < -0.4 is 21.3 Å². The fourth-order valence-corrected chi connectivity index (χ4v) is 9.09. The Morgan fingerprint density at radius 3 is 2.23 bits per heavy atom. The number of hydrogen-bond acceptors (Lipinski definition) is 11. The normalized spacial score (nSPS) is 16.0. The van der Waals surface area contributed by atoms with Gasteiger partial charge in [0.1, 0.15) is 17.8 Å². The number of rotatable bonds is 18. The lowest BCUT2D eigenvalue weighted by Crippen LogP contribution is -2.57. The molecule has 2 fully saturated rings. The smallest absolute Gasteiger partial charge is 0.246 e. The maximum absolute atomic E-state index is 14.0. The Morgan fingerprint density at radius 2 is 1.56 bits per heavy atom. The van der Waals surface area contributed by atoms with Crippen LogP contribution in [0, 0.1) is 12.3 Å². The molecule has 62 heavy (non-hydrogen) atoms.